The van der Waals surface area contributed by atoms with E-state index in [0.717, 1.165) is 41.4 Å². The minimum atomic E-state index is -3.68. The van der Waals surface area contributed by atoms with E-state index < -0.39 is 10.0 Å². The second-order valence-electron chi connectivity index (χ2n) is 7.25. The molecule has 0 fully saturated rings. The second kappa shape index (κ2) is 6.69. The van der Waals surface area contributed by atoms with Crippen LogP contribution in [0.3, 0.4) is 0 Å². The van der Waals surface area contributed by atoms with E-state index >= 15 is 0 Å². The topological polar surface area (TPSA) is 51.5 Å². The summed E-state index contributed by atoms with van der Waals surface area (Å²) < 4.78 is 33.7. The lowest BCUT2D eigenvalue weighted by Gasteiger charge is -2.29. The highest BCUT2D eigenvalue weighted by Gasteiger charge is 2.31. The van der Waals surface area contributed by atoms with Crippen LogP contribution < -0.4 is 4.74 Å². The van der Waals surface area contributed by atoms with Crippen molar-refractivity contribution in [3.05, 3.63) is 59.8 Å². The van der Waals surface area contributed by atoms with Crippen LogP contribution in [0.15, 0.2) is 53.4 Å². The summed E-state index contributed by atoms with van der Waals surface area (Å²) in [5.41, 5.74) is 2.84. The fourth-order valence-electron chi connectivity index (χ4n) is 4.02. The molecule has 27 heavy (non-hydrogen) atoms. The Bertz CT molecular complexity index is 1080. The normalized spacial score (nSPS) is 17.3. The summed E-state index contributed by atoms with van der Waals surface area (Å²) in [5, 5.41) is 1.04. The molecule has 0 spiro atoms. The molecule has 4 rings (SSSR count). The molecule has 0 saturated carbocycles. The third-order valence-corrected chi connectivity index (χ3v) is 7.29. The smallest absolute Gasteiger partial charge is 0.268 e. The highest BCUT2D eigenvalue weighted by Crippen LogP contribution is 2.36. The van der Waals surface area contributed by atoms with Crippen molar-refractivity contribution >= 4 is 20.9 Å². The first kappa shape index (κ1) is 18.1. The number of nitrogens with zero attached hydrogens (tertiary/aromatic N) is 2. The molecule has 2 aromatic carbocycles. The van der Waals surface area contributed by atoms with Gasteiger partial charge in [-0.25, -0.2) is 12.4 Å². The van der Waals surface area contributed by atoms with Crippen molar-refractivity contribution in [2.75, 3.05) is 21.2 Å². The number of hydrogen-bond acceptors (Lipinski definition) is 4. The number of hydrogen-bond donors (Lipinski definition) is 0. The number of aromatic nitrogens is 1. The number of likely N-dealkylation sites (N-methyl/N-ethyl adjacent to an activating group) is 1. The Morgan fingerprint density at radius 1 is 1.07 bits per heavy atom. The van der Waals surface area contributed by atoms with Gasteiger partial charge in [-0.2, -0.15) is 0 Å². The Balaban J connectivity index is 1.92. The molecule has 0 saturated heterocycles. The van der Waals surface area contributed by atoms with Crippen LogP contribution in [0.5, 0.6) is 5.75 Å². The van der Waals surface area contributed by atoms with Crippen molar-refractivity contribution in [2.24, 2.45) is 0 Å². The first-order valence-corrected chi connectivity index (χ1v) is 10.5. The zero-order valence-electron chi connectivity index (χ0n) is 15.8. The molecule has 0 amide bonds. The van der Waals surface area contributed by atoms with E-state index in [2.05, 4.69) is 19.0 Å². The molecule has 1 aliphatic rings. The Kier molecular flexibility index (Phi) is 4.48. The fourth-order valence-corrected chi connectivity index (χ4v) is 5.62. The number of rotatable bonds is 4. The van der Waals surface area contributed by atoms with Gasteiger partial charge in [0, 0.05) is 17.1 Å². The minimum Gasteiger partial charge on any atom is -0.497 e. The summed E-state index contributed by atoms with van der Waals surface area (Å²) in [7, 11) is 2.06. The maximum absolute atomic E-state index is 13.5. The molecule has 1 atom stereocenters. The van der Waals surface area contributed by atoms with Crippen molar-refractivity contribution < 1.29 is 13.2 Å². The average Bonchev–Trinajstić information content (AvgIpc) is 3.02. The van der Waals surface area contributed by atoms with Crippen LogP contribution in [0, 0.1) is 0 Å². The van der Waals surface area contributed by atoms with Crippen LogP contribution in [0.2, 0.25) is 0 Å². The maximum atomic E-state index is 13.5. The lowest BCUT2D eigenvalue weighted by Crippen LogP contribution is -2.34. The van der Waals surface area contributed by atoms with E-state index in [1.54, 1.807) is 35.3 Å². The van der Waals surface area contributed by atoms with Gasteiger partial charge in [0.1, 0.15) is 5.75 Å². The molecule has 1 unspecified atom stereocenters. The highest BCUT2D eigenvalue weighted by atomic mass is 32.2. The highest BCUT2D eigenvalue weighted by molar-refractivity contribution is 7.90. The lowest BCUT2D eigenvalue weighted by atomic mass is 9.91. The molecule has 1 aromatic heterocycles. The number of para-hydroxylation sites is 1. The summed E-state index contributed by atoms with van der Waals surface area (Å²) in [6.45, 7) is 0. The molecular formula is C21H24N2O3S. The van der Waals surface area contributed by atoms with Gasteiger partial charge < -0.3 is 9.64 Å². The molecule has 5 nitrogen and oxygen atoms in total. The Labute approximate surface area is 160 Å². The maximum Gasteiger partial charge on any atom is 0.268 e. The number of ether oxygens (including phenoxy) is 1. The number of fused-ring (bicyclic) bond motifs is 3. The third-order valence-electron chi connectivity index (χ3n) is 5.52. The van der Waals surface area contributed by atoms with E-state index in [1.165, 1.54) is 0 Å². The van der Waals surface area contributed by atoms with Gasteiger partial charge in [0.2, 0.25) is 0 Å². The van der Waals surface area contributed by atoms with Gasteiger partial charge in [0.15, 0.2) is 0 Å². The van der Waals surface area contributed by atoms with Gasteiger partial charge in [-0.05, 0) is 69.3 Å². The van der Waals surface area contributed by atoms with E-state index in [1.807, 2.05) is 24.3 Å². The summed E-state index contributed by atoms with van der Waals surface area (Å²) in [6.07, 6.45) is 2.57. The van der Waals surface area contributed by atoms with Gasteiger partial charge >= 0.3 is 0 Å². The summed E-state index contributed by atoms with van der Waals surface area (Å²) in [5.74, 6) is 0.641. The van der Waals surface area contributed by atoms with Gasteiger partial charge in [-0.1, -0.05) is 18.2 Å². The zero-order chi connectivity index (χ0) is 19.2. The molecule has 1 aliphatic carbocycles. The summed E-state index contributed by atoms with van der Waals surface area (Å²) >= 11 is 0. The SMILES string of the molecule is COc1ccc(S(=O)(=O)n2c3c(c4ccccc42)CC(N(C)C)CC3)cc1. The van der Waals surface area contributed by atoms with Gasteiger partial charge in [-0.15, -0.1) is 0 Å². The van der Waals surface area contributed by atoms with E-state index in [4.69, 9.17) is 4.74 Å². The molecule has 142 valence electrons. The number of methoxy groups -OCH3 is 1. The fraction of sp³-hybridized carbons (Fsp3) is 0.333. The van der Waals surface area contributed by atoms with Crippen LogP contribution in [0.4, 0.5) is 0 Å². The lowest BCUT2D eigenvalue weighted by molar-refractivity contribution is 0.267. The Morgan fingerprint density at radius 3 is 2.44 bits per heavy atom. The molecule has 0 radical (unpaired) electrons. The minimum absolute atomic E-state index is 0.279. The van der Waals surface area contributed by atoms with Crippen molar-refractivity contribution in [2.45, 2.75) is 30.2 Å². The molecule has 1 heterocycles. The Morgan fingerprint density at radius 2 is 1.78 bits per heavy atom. The summed E-state index contributed by atoms with van der Waals surface area (Å²) in [6, 6.07) is 14.8. The molecule has 0 aliphatic heterocycles. The van der Waals surface area contributed by atoms with Crippen molar-refractivity contribution in [1.29, 1.82) is 0 Å². The third kappa shape index (κ3) is 2.93. The number of benzene rings is 2. The van der Waals surface area contributed by atoms with Crippen LogP contribution >= 0.6 is 0 Å². The molecule has 0 N–H and O–H groups in total. The summed E-state index contributed by atoms with van der Waals surface area (Å²) in [4.78, 5) is 2.51. The molecule has 3 aromatic rings. The molecule has 6 heteroatoms. The largest absolute Gasteiger partial charge is 0.497 e. The van der Waals surface area contributed by atoms with Crippen LogP contribution in [-0.2, 0) is 22.9 Å². The van der Waals surface area contributed by atoms with Crippen LogP contribution in [-0.4, -0.2) is 44.5 Å². The van der Waals surface area contributed by atoms with Crippen LogP contribution in [0.1, 0.15) is 17.7 Å². The predicted molar refractivity (Wildman–Crippen MR) is 107 cm³/mol. The standard InChI is InChI=1S/C21H24N2O3S/c1-22(2)15-8-13-21-19(14-15)18-6-4-5-7-20(18)23(21)27(24,25)17-11-9-16(26-3)10-12-17/h4-7,9-12,15H,8,13-14H2,1-3H3. The van der Waals surface area contributed by atoms with Crippen molar-refractivity contribution in [3.63, 3.8) is 0 Å². The second-order valence-corrected chi connectivity index (χ2v) is 9.03. The average molecular weight is 385 g/mol. The Hall–Kier alpha value is -2.31. The first-order valence-electron chi connectivity index (χ1n) is 9.10. The first-order chi connectivity index (χ1) is 12.9. The van der Waals surface area contributed by atoms with E-state index in [0.29, 0.717) is 11.8 Å². The van der Waals surface area contributed by atoms with Gasteiger partial charge in [0.25, 0.3) is 10.0 Å². The molecule has 0 bridgehead atoms. The monoisotopic (exact) mass is 384 g/mol. The quantitative estimate of drug-likeness (QED) is 0.693. The van der Waals surface area contributed by atoms with Crippen molar-refractivity contribution in [1.82, 2.24) is 8.87 Å². The van der Waals surface area contributed by atoms with E-state index in [-0.39, 0.29) is 4.90 Å². The van der Waals surface area contributed by atoms with Gasteiger partial charge in [-0.3, -0.25) is 0 Å². The zero-order valence-corrected chi connectivity index (χ0v) is 16.7. The predicted octanol–water partition coefficient (Wildman–Crippen LogP) is 3.31. The van der Waals surface area contributed by atoms with Crippen molar-refractivity contribution in [3.8, 4) is 5.75 Å². The molecular weight excluding hydrogens is 360 g/mol. The van der Waals surface area contributed by atoms with E-state index in [9.17, 15) is 8.42 Å². The van der Waals surface area contributed by atoms with Gasteiger partial charge in [0.05, 0.1) is 17.5 Å². The van der Waals surface area contributed by atoms with Crippen LogP contribution in [0.25, 0.3) is 10.9 Å².